The maximum Gasteiger partial charge on any atom is 0.253 e. The molecule has 29 heavy (non-hydrogen) atoms. The zero-order chi connectivity index (χ0) is 20.1. The Morgan fingerprint density at radius 2 is 1.55 bits per heavy atom. The Kier molecular flexibility index (Phi) is 5.92. The van der Waals surface area contributed by atoms with Gasteiger partial charge in [0.2, 0.25) is 0 Å². The molecule has 4 rings (SSSR count). The summed E-state index contributed by atoms with van der Waals surface area (Å²) < 4.78 is 0. The topological polar surface area (TPSA) is 35.6 Å². The van der Waals surface area contributed by atoms with Crippen molar-refractivity contribution in [2.75, 3.05) is 32.0 Å². The van der Waals surface area contributed by atoms with Gasteiger partial charge in [-0.3, -0.25) is 9.69 Å². The van der Waals surface area contributed by atoms with Crippen molar-refractivity contribution in [2.24, 2.45) is 0 Å². The monoisotopic (exact) mass is 385 g/mol. The Balaban J connectivity index is 1.40. The number of carbonyl (C=O) groups is 1. The highest BCUT2D eigenvalue weighted by molar-refractivity contribution is 5.94. The Hall–Kier alpha value is -3.11. The van der Waals surface area contributed by atoms with Crippen molar-refractivity contribution in [1.29, 1.82) is 0 Å². The van der Waals surface area contributed by atoms with Gasteiger partial charge in [-0.05, 0) is 42.4 Å². The Labute approximate surface area is 172 Å². The van der Waals surface area contributed by atoms with Crippen molar-refractivity contribution in [1.82, 2.24) is 9.80 Å². The largest absolute Gasteiger partial charge is 0.381 e. The van der Waals surface area contributed by atoms with Gasteiger partial charge in [0.15, 0.2) is 0 Å². The zero-order valence-corrected chi connectivity index (χ0v) is 16.8. The molecule has 4 heteroatoms. The van der Waals surface area contributed by atoms with Crippen LogP contribution in [0.1, 0.15) is 27.5 Å². The molecule has 1 amide bonds. The van der Waals surface area contributed by atoms with E-state index in [1.165, 1.54) is 11.1 Å². The molecule has 148 valence electrons. The third-order valence-corrected chi connectivity index (χ3v) is 5.59. The highest BCUT2D eigenvalue weighted by Crippen LogP contribution is 2.25. The van der Waals surface area contributed by atoms with Crippen LogP contribution in [0.5, 0.6) is 0 Å². The van der Waals surface area contributed by atoms with Gasteiger partial charge in [0.1, 0.15) is 0 Å². The van der Waals surface area contributed by atoms with Crippen molar-refractivity contribution >= 4 is 11.6 Å². The fourth-order valence-electron chi connectivity index (χ4n) is 3.81. The molecule has 1 heterocycles. The van der Waals surface area contributed by atoms with Gasteiger partial charge in [-0.2, -0.15) is 0 Å². The Morgan fingerprint density at radius 1 is 0.897 bits per heavy atom. The molecule has 0 radical (unpaired) electrons. The van der Waals surface area contributed by atoms with E-state index in [2.05, 4.69) is 53.7 Å². The first kappa shape index (κ1) is 19.2. The maximum atomic E-state index is 13.1. The van der Waals surface area contributed by atoms with Crippen LogP contribution in [0, 0.1) is 0 Å². The van der Waals surface area contributed by atoms with Gasteiger partial charge in [-0.25, -0.2) is 0 Å². The molecule has 0 spiro atoms. The van der Waals surface area contributed by atoms with Crippen LogP contribution in [0.25, 0.3) is 0 Å². The second kappa shape index (κ2) is 8.93. The molecule has 3 aromatic carbocycles. The van der Waals surface area contributed by atoms with Crippen LogP contribution in [0.2, 0.25) is 0 Å². The summed E-state index contributed by atoms with van der Waals surface area (Å²) in [6, 6.07) is 28.8. The third-order valence-electron chi connectivity index (χ3n) is 5.59. The fraction of sp³-hybridized carbons (Fsp3) is 0.240. The molecule has 1 aliphatic rings. The molecule has 1 atom stereocenters. The first-order valence-corrected chi connectivity index (χ1v) is 10.1. The van der Waals surface area contributed by atoms with Crippen LogP contribution < -0.4 is 5.32 Å². The highest BCUT2D eigenvalue weighted by Gasteiger charge is 2.28. The number of anilines is 1. The third kappa shape index (κ3) is 4.66. The van der Waals surface area contributed by atoms with Crippen LogP contribution in [-0.4, -0.2) is 42.4 Å². The number of nitrogens with zero attached hydrogens (tertiary/aromatic N) is 2. The van der Waals surface area contributed by atoms with Crippen molar-refractivity contribution in [3.05, 3.63) is 102 Å². The lowest BCUT2D eigenvalue weighted by Gasteiger charge is -2.39. The standard InChI is InChI=1S/C25H27N3O/c1-27-16-17-28(19-24(27)21-10-6-3-7-11-21)25(29)22-12-14-23(15-13-22)26-18-20-8-4-2-5-9-20/h2-15,24,26H,16-19H2,1H3. The molecular weight excluding hydrogens is 358 g/mol. The SMILES string of the molecule is CN1CCN(C(=O)c2ccc(NCc3ccccc3)cc2)CC1c1ccccc1. The van der Waals surface area contributed by atoms with Gasteiger partial charge >= 0.3 is 0 Å². The van der Waals surface area contributed by atoms with E-state index in [-0.39, 0.29) is 11.9 Å². The van der Waals surface area contributed by atoms with E-state index < -0.39 is 0 Å². The number of benzene rings is 3. The molecule has 3 aromatic rings. The summed E-state index contributed by atoms with van der Waals surface area (Å²) >= 11 is 0. The summed E-state index contributed by atoms with van der Waals surface area (Å²) in [5.74, 6) is 0.105. The Morgan fingerprint density at radius 3 is 2.24 bits per heavy atom. The van der Waals surface area contributed by atoms with Gasteiger partial charge in [-0.1, -0.05) is 60.7 Å². The van der Waals surface area contributed by atoms with E-state index in [0.29, 0.717) is 6.54 Å². The Bertz CT molecular complexity index is 925. The van der Waals surface area contributed by atoms with E-state index in [1.54, 1.807) is 0 Å². The van der Waals surface area contributed by atoms with Gasteiger partial charge < -0.3 is 10.2 Å². The number of hydrogen-bond donors (Lipinski definition) is 1. The van der Waals surface area contributed by atoms with Crippen LogP contribution in [-0.2, 0) is 6.54 Å². The van der Waals surface area contributed by atoms with Gasteiger partial charge in [-0.15, -0.1) is 0 Å². The first-order valence-electron chi connectivity index (χ1n) is 10.1. The number of nitrogens with one attached hydrogen (secondary N) is 1. The molecule has 0 bridgehead atoms. The van der Waals surface area contributed by atoms with Crippen molar-refractivity contribution in [2.45, 2.75) is 12.6 Å². The molecule has 0 aliphatic carbocycles. The molecule has 1 fully saturated rings. The van der Waals surface area contributed by atoms with E-state index in [0.717, 1.165) is 30.9 Å². The maximum absolute atomic E-state index is 13.1. The van der Waals surface area contributed by atoms with Crippen molar-refractivity contribution in [3.8, 4) is 0 Å². The summed E-state index contributed by atoms with van der Waals surface area (Å²) in [4.78, 5) is 17.4. The molecular formula is C25H27N3O. The average molecular weight is 386 g/mol. The summed E-state index contributed by atoms with van der Waals surface area (Å²) in [5.41, 5.74) is 4.25. The normalized spacial score (nSPS) is 17.1. The predicted octanol–water partition coefficient (Wildman–Crippen LogP) is 4.43. The van der Waals surface area contributed by atoms with Crippen molar-refractivity contribution in [3.63, 3.8) is 0 Å². The zero-order valence-electron chi connectivity index (χ0n) is 16.8. The summed E-state index contributed by atoms with van der Waals surface area (Å²) in [6.07, 6.45) is 0. The minimum absolute atomic E-state index is 0.105. The van der Waals surface area contributed by atoms with Gasteiger partial charge in [0.25, 0.3) is 5.91 Å². The summed E-state index contributed by atoms with van der Waals surface area (Å²) in [7, 11) is 2.13. The van der Waals surface area contributed by atoms with E-state index in [9.17, 15) is 4.79 Å². The summed E-state index contributed by atoms with van der Waals surface area (Å²) in [6.45, 7) is 3.12. The molecule has 0 aromatic heterocycles. The fourth-order valence-corrected chi connectivity index (χ4v) is 3.81. The highest BCUT2D eigenvalue weighted by atomic mass is 16.2. The molecule has 0 saturated carbocycles. The number of likely N-dealkylation sites (N-methyl/N-ethyl adjacent to an activating group) is 1. The van der Waals surface area contributed by atoms with Crippen LogP contribution in [0.15, 0.2) is 84.9 Å². The predicted molar refractivity (Wildman–Crippen MR) is 118 cm³/mol. The molecule has 1 saturated heterocycles. The van der Waals surface area contributed by atoms with E-state index >= 15 is 0 Å². The van der Waals surface area contributed by atoms with Gasteiger partial charge in [0, 0.05) is 37.4 Å². The molecule has 1 unspecified atom stereocenters. The van der Waals surface area contributed by atoms with Crippen LogP contribution in [0.4, 0.5) is 5.69 Å². The quantitative estimate of drug-likeness (QED) is 0.706. The van der Waals surface area contributed by atoms with E-state index in [1.807, 2.05) is 53.4 Å². The second-order valence-electron chi connectivity index (χ2n) is 7.57. The van der Waals surface area contributed by atoms with Crippen LogP contribution >= 0.6 is 0 Å². The van der Waals surface area contributed by atoms with E-state index in [4.69, 9.17) is 0 Å². The molecule has 4 nitrogen and oxygen atoms in total. The average Bonchev–Trinajstić information content (AvgIpc) is 2.79. The summed E-state index contributed by atoms with van der Waals surface area (Å²) in [5, 5.41) is 3.41. The first-order chi connectivity index (χ1) is 14.2. The van der Waals surface area contributed by atoms with Gasteiger partial charge in [0.05, 0.1) is 6.04 Å². The number of rotatable bonds is 5. The minimum Gasteiger partial charge on any atom is -0.381 e. The lowest BCUT2D eigenvalue weighted by Crippen LogP contribution is -2.49. The molecule has 1 N–H and O–H groups in total. The minimum atomic E-state index is 0.105. The number of amides is 1. The second-order valence-corrected chi connectivity index (χ2v) is 7.57. The number of piperazine rings is 1. The number of hydrogen-bond acceptors (Lipinski definition) is 3. The lowest BCUT2D eigenvalue weighted by atomic mass is 10.0. The number of carbonyl (C=O) groups excluding carboxylic acids is 1. The molecule has 1 aliphatic heterocycles. The van der Waals surface area contributed by atoms with Crippen molar-refractivity contribution < 1.29 is 4.79 Å². The van der Waals surface area contributed by atoms with Crippen LogP contribution in [0.3, 0.4) is 0 Å². The lowest BCUT2D eigenvalue weighted by molar-refractivity contribution is 0.0546. The smallest absolute Gasteiger partial charge is 0.253 e.